The zero-order valence-corrected chi connectivity index (χ0v) is 23.5. The van der Waals surface area contributed by atoms with Crippen LogP contribution in [0.4, 0.5) is 0 Å². The molecule has 0 aromatic rings. The van der Waals surface area contributed by atoms with Crippen molar-refractivity contribution in [1.29, 1.82) is 0 Å². The van der Waals surface area contributed by atoms with Gasteiger partial charge >= 0.3 is 5.97 Å². The van der Waals surface area contributed by atoms with E-state index >= 15 is 0 Å². The summed E-state index contributed by atoms with van der Waals surface area (Å²) in [4.78, 5) is 24.3. The molecule has 0 aromatic heterocycles. The number of rotatable bonds is 8. The Morgan fingerprint density at radius 2 is 1.70 bits per heavy atom. The van der Waals surface area contributed by atoms with Crippen LogP contribution in [0.1, 0.15) is 98.8 Å². The third kappa shape index (κ3) is 4.98. The minimum atomic E-state index is -0.990. The standard InChI is InChI=1S/C30H51NO6/c1-6-16(2)27(28(36)37)31-25(35)10-7-17(3)20-8-9-21-26-22(15-24(34)30(20,21)5)29(4)12-11-19(32)13-18(29)14-23(26)33/h16-24,26-27,32-34H,6-15H2,1-5H3,(H,31,35)(H,36,37)/t16-,17-,18+,19-,20-,21+,22+,23-,24+,26+,27+,29+,30-/m1/s1. The summed E-state index contributed by atoms with van der Waals surface area (Å²) in [5, 5.41) is 45.7. The molecule has 0 spiro atoms. The van der Waals surface area contributed by atoms with Gasteiger partial charge in [-0.25, -0.2) is 4.79 Å². The Bertz CT molecular complexity index is 850. The topological polar surface area (TPSA) is 127 Å². The Morgan fingerprint density at radius 1 is 1.00 bits per heavy atom. The van der Waals surface area contributed by atoms with E-state index in [0.29, 0.717) is 25.2 Å². The summed E-state index contributed by atoms with van der Waals surface area (Å²) in [7, 11) is 0. The Balaban J connectivity index is 1.45. The first-order valence-corrected chi connectivity index (χ1v) is 14.9. The fourth-order valence-corrected chi connectivity index (χ4v) is 9.62. The molecule has 0 unspecified atom stereocenters. The Hall–Kier alpha value is -1.18. The fourth-order valence-electron chi connectivity index (χ4n) is 9.62. The molecule has 7 heteroatoms. The number of nitrogens with one attached hydrogen (secondary N) is 1. The average Bonchev–Trinajstić information content (AvgIpc) is 3.20. The Kier molecular flexibility index (Phi) is 8.39. The van der Waals surface area contributed by atoms with E-state index in [9.17, 15) is 30.0 Å². The van der Waals surface area contributed by atoms with Crippen LogP contribution in [0.5, 0.6) is 0 Å². The third-order valence-electron chi connectivity index (χ3n) is 12.1. The number of carboxylic acids is 1. The van der Waals surface area contributed by atoms with E-state index in [1.54, 1.807) is 0 Å². The zero-order valence-electron chi connectivity index (χ0n) is 23.5. The molecule has 4 rings (SSSR count). The second-order valence-corrected chi connectivity index (χ2v) is 13.8. The summed E-state index contributed by atoms with van der Waals surface area (Å²) in [6.07, 6.45) is 6.48. The summed E-state index contributed by atoms with van der Waals surface area (Å²) >= 11 is 0. The van der Waals surface area contributed by atoms with Crippen molar-refractivity contribution in [2.75, 3.05) is 0 Å². The lowest BCUT2D eigenvalue weighted by Gasteiger charge is -2.63. The van der Waals surface area contributed by atoms with E-state index in [2.05, 4.69) is 26.1 Å². The monoisotopic (exact) mass is 521 g/mol. The number of fused-ring (bicyclic) bond motifs is 5. The molecule has 5 N–H and O–H groups in total. The minimum absolute atomic E-state index is 0.0591. The first kappa shape index (κ1) is 28.8. The molecule has 0 bridgehead atoms. The largest absolute Gasteiger partial charge is 0.480 e. The van der Waals surface area contributed by atoms with Crippen LogP contribution >= 0.6 is 0 Å². The number of carbonyl (C=O) groups excluding carboxylic acids is 1. The summed E-state index contributed by atoms with van der Waals surface area (Å²) in [5.74, 6) is 0.153. The van der Waals surface area contributed by atoms with E-state index < -0.39 is 24.2 Å². The molecule has 4 saturated carbocycles. The van der Waals surface area contributed by atoms with Crippen molar-refractivity contribution in [1.82, 2.24) is 5.32 Å². The summed E-state index contributed by atoms with van der Waals surface area (Å²) in [6.45, 7) is 10.5. The van der Waals surface area contributed by atoms with Gasteiger partial charge in [-0.3, -0.25) is 4.79 Å². The number of hydrogen-bond donors (Lipinski definition) is 5. The molecule has 4 aliphatic rings. The van der Waals surface area contributed by atoms with Crippen LogP contribution < -0.4 is 5.32 Å². The lowest BCUT2D eigenvalue weighted by atomic mass is 9.43. The number of amides is 1. The number of carboxylic acid groups (broad SMARTS) is 1. The highest BCUT2D eigenvalue weighted by atomic mass is 16.4. The molecule has 13 atom stereocenters. The Morgan fingerprint density at radius 3 is 2.35 bits per heavy atom. The molecule has 0 aliphatic heterocycles. The van der Waals surface area contributed by atoms with E-state index in [0.717, 1.165) is 38.5 Å². The van der Waals surface area contributed by atoms with Crippen molar-refractivity contribution in [2.24, 2.45) is 52.3 Å². The van der Waals surface area contributed by atoms with Gasteiger partial charge < -0.3 is 25.7 Å². The molecule has 0 aromatic carbocycles. The third-order valence-corrected chi connectivity index (χ3v) is 12.1. The van der Waals surface area contributed by atoms with Gasteiger partial charge in [0, 0.05) is 6.42 Å². The number of carbonyl (C=O) groups is 2. The smallest absolute Gasteiger partial charge is 0.326 e. The summed E-state index contributed by atoms with van der Waals surface area (Å²) in [6, 6.07) is -0.864. The Labute approximate surface area is 222 Å². The number of aliphatic hydroxyl groups is 3. The molecule has 212 valence electrons. The highest BCUT2D eigenvalue weighted by Gasteiger charge is 2.65. The van der Waals surface area contributed by atoms with Crippen molar-refractivity contribution < 1.29 is 30.0 Å². The van der Waals surface area contributed by atoms with E-state index in [4.69, 9.17) is 0 Å². The maximum atomic E-state index is 12.7. The van der Waals surface area contributed by atoms with Crippen molar-refractivity contribution in [3.8, 4) is 0 Å². The average molecular weight is 522 g/mol. The van der Waals surface area contributed by atoms with Gasteiger partial charge in [0.2, 0.25) is 5.91 Å². The van der Waals surface area contributed by atoms with E-state index in [-0.39, 0.29) is 64.8 Å². The fraction of sp³-hybridized carbons (Fsp3) is 0.933. The van der Waals surface area contributed by atoms with Crippen LogP contribution in [0.2, 0.25) is 0 Å². The van der Waals surface area contributed by atoms with Gasteiger partial charge in [0.15, 0.2) is 0 Å². The number of aliphatic carboxylic acids is 1. The second-order valence-electron chi connectivity index (χ2n) is 13.8. The van der Waals surface area contributed by atoms with Crippen LogP contribution in [-0.4, -0.2) is 56.7 Å². The molecule has 7 nitrogen and oxygen atoms in total. The number of aliphatic hydroxyl groups excluding tert-OH is 3. The second kappa shape index (κ2) is 10.8. The molecule has 4 aliphatic carbocycles. The van der Waals surface area contributed by atoms with Gasteiger partial charge in [0.25, 0.3) is 0 Å². The molecule has 0 radical (unpaired) electrons. The SMILES string of the molecule is CC[C@@H](C)[C@H](NC(=O)CC[C@@H](C)[C@H]1CC[C@H]2[C@@H]3[C@H](O)C[C@@H]4C[C@H](O)CC[C@]4(C)[C@H]3C[C@H](O)[C@]12C)C(=O)O. The quantitative estimate of drug-likeness (QED) is 0.329. The van der Waals surface area contributed by atoms with Gasteiger partial charge in [0.1, 0.15) is 6.04 Å². The number of hydrogen-bond acceptors (Lipinski definition) is 5. The van der Waals surface area contributed by atoms with Gasteiger partial charge in [0.05, 0.1) is 18.3 Å². The van der Waals surface area contributed by atoms with Crippen LogP contribution in [0.25, 0.3) is 0 Å². The van der Waals surface area contributed by atoms with Crippen LogP contribution in [0.3, 0.4) is 0 Å². The first-order valence-electron chi connectivity index (χ1n) is 14.9. The molecule has 0 heterocycles. The molecule has 0 saturated heterocycles. The van der Waals surface area contributed by atoms with E-state index in [1.807, 2.05) is 13.8 Å². The van der Waals surface area contributed by atoms with Crippen molar-refractivity contribution >= 4 is 11.9 Å². The highest BCUT2D eigenvalue weighted by Crippen LogP contribution is 2.68. The molecule has 37 heavy (non-hydrogen) atoms. The maximum absolute atomic E-state index is 12.7. The first-order chi connectivity index (χ1) is 17.3. The van der Waals surface area contributed by atoms with Gasteiger partial charge in [-0.05, 0) is 104 Å². The maximum Gasteiger partial charge on any atom is 0.326 e. The lowest BCUT2D eigenvalue weighted by molar-refractivity contribution is -0.207. The molecular formula is C30H51NO6. The van der Waals surface area contributed by atoms with Crippen LogP contribution in [-0.2, 0) is 9.59 Å². The normalized spacial score (nSPS) is 45.6. The van der Waals surface area contributed by atoms with Crippen LogP contribution in [0.15, 0.2) is 0 Å². The van der Waals surface area contributed by atoms with Gasteiger partial charge in [-0.2, -0.15) is 0 Å². The minimum Gasteiger partial charge on any atom is -0.480 e. The van der Waals surface area contributed by atoms with Crippen molar-refractivity contribution in [3.63, 3.8) is 0 Å². The summed E-state index contributed by atoms with van der Waals surface area (Å²) in [5.41, 5.74) is -0.237. The predicted molar refractivity (Wildman–Crippen MR) is 141 cm³/mol. The molecule has 4 fully saturated rings. The lowest BCUT2D eigenvalue weighted by Crippen LogP contribution is -2.62. The van der Waals surface area contributed by atoms with Gasteiger partial charge in [-0.15, -0.1) is 0 Å². The summed E-state index contributed by atoms with van der Waals surface area (Å²) < 4.78 is 0. The van der Waals surface area contributed by atoms with Gasteiger partial charge in [-0.1, -0.05) is 41.0 Å². The predicted octanol–water partition coefficient (Wildman–Crippen LogP) is 3.98. The molecule has 1 amide bonds. The van der Waals surface area contributed by atoms with E-state index in [1.165, 1.54) is 0 Å². The molecular weight excluding hydrogens is 470 g/mol. The van der Waals surface area contributed by atoms with Crippen molar-refractivity contribution in [3.05, 3.63) is 0 Å². The highest BCUT2D eigenvalue weighted by molar-refractivity contribution is 5.83. The van der Waals surface area contributed by atoms with Crippen LogP contribution in [0, 0.1) is 52.3 Å². The zero-order chi connectivity index (χ0) is 27.3. The van der Waals surface area contributed by atoms with Crippen molar-refractivity contribution in [2.45, 2.75) is 123 Å².